The van der Waals surface area contributed by atoms with Crippen molar-refractivity contribution in [1.29, 1.82) is 0 Å². The van der Waals surface area contributed by atoms with Crippen molar-refractivity contribution < 1.29 is 21.8 Å². The van der Waals surface area contributed by atoms with Gasteiger partial charge in [0.1, 0.15) is 18.1 Å². The topological polar surface area (TPSA) is 25.9 Å². The number of para-hydroxylation sites is 1. The third-order valence-corrected chi connectivity index (χ3v) is 3.17. The first-order valence-corrected chi connectivity index (χ1v) is 6.54. The highest BCUT2D eigenvalue weighted by molar-refractivity contribution is 5.94. The van der Waals surface area contributed by atoms with E-state index in [1.807, 2.05) is 88.5 Å². The molecule has 3 rings (SSSR count). The van der Waals surface area contributed by atoms with Gasteiger partial charge in [-0.25, -0.2) is 9.13 Å². The van der Waals surface area contributed by atoms with E-state index in [0.717, 1.165) is 11.3 Å². The summed E-state index contributed by atoms with van der Waals surface area (Å²) < 4.78 is 3.89. The monoisotopic (exact) mass is 298 g/mol. The Balaban J connectivity index is 0.00000161. The maximum Gasteiger partial charge on any atom is 0.249 e. The molecule has 1 aromatic heterocycles. The number of hydrogen-bond acceptors (Lipinski definition) is 1. The number of rotatable bonds is 4. The lowest BCUT2D eigenvalue weighted by molar-refractivity contribution is -0.682. The number of halogens is 1. The van der Waals surface area contributed by atoms with E-state index in [1.165, 1.54) is 0 Å². The number of carbonyl (C=O) groups is 1. The molecule has 4 heteroatoms. The number of aromatic nitrogens is 2. The summed E-state index contributed by atoms with van der Waals surface area (Å²) in [5, 5.41) is 0. The van der Waals surface area contributed by atoms with E-state index in [1.54, 1.807) is 0 Å². The molecule has 0 atom stereocenters. The van der Waals surface area contributed by atoms with Crippen molar-refractivity contribution in [1.82, 2.24) is 4.57 Å². The third kappa shape index (κ3) is 3.58. The maximum absolute atomic E-state index is 12.1. The van der Waals surface area contributed by atoms with Crippen LogP contribution in [0.15, 0.2) is 79.4 Å². The fraction of sp³-hybridized carbons (Fsp3) is 0.0588. The van der Waals surface area contributed by atoms with Crippen molar-refractivity contribution in [3.05, 3.63) is 84.9 Å². The van der Waals surface area contributed by atoms with Gasteiger partial charge in [-0.05, 0) is 12.1 Å². The Bertz CT molecular complexity index is 708. The van der Waals surface area contributed by atoms with E-state index in [4.69, 9.17) is 0 Å². The minimum Gasteiger partial charge on any atom is -1.00 e. The zero-order valence-electron chi connectivity index (χ0n) is 11.4. The van der Waals surface area contributed by atoms with E-state index in [0.29, 0.717) is 6.54 Å². The lowest BCUT2D eigenvalue weighted by Gasteiger charge is -1.97. The van der Waals surface area contributed by atoms with Crippen molar-refractivity contribution in [2.24, 2.45) is 0 Å². The smallest absolute Gasteiger partial charge is 0.249 e. The second kappa shape index (κ2) is 6.86. The van der Waals surface area contributed by atoms with Crippen LogP contribution >= 0.6 is 0 Å². The molecule has 21 heavy (non-hydrogen) atoms. The number of Topliss-reactive ketones (excluding diaryl/α,β-unsaturated/α-hetero) is 1. The highest BCUT2D eigenvalue weighted by Gasteiger charge is 2.11. The first-order valence-electron chi connectivity index (χ1n) is 6.54. The van der Waals surface area contributed by atoms with Crippen LogP contribution in [0.1, 0.15) is 10.4 Å². The Morgan fingerprint density at radius 1 is 0.952 bits per heavy atom. The first kappa shape index (κ1) is 15.0. The van der Waals surface area contributed by atoms with Gasteiger partial charge in [-0.15, -0.1) is 0 Å². The molecule has 0 amide bonds. The summed E-state index contributed by atoms with van der Waals surface area (Å²) in [6.45, 7) is 0.351. The molecule has 0 saturated heterocycles. The van der Waals surface area contributed by atoms with E-state index in [9.17, 15) is 4.79 Å². The van der Waals surface area contributed by atoms with Crippen LogP contribution < -0.4 is 17.0 Å². The largest absolute Gasteiger partial charge is 1.00 e. The van der Waals surface area contributed by atoms with Crippen molar-refractivity contribution in [3.63, 3.8) is 0 Å². The predicted molar refractivity (Wildman–Crippen MR) is 76.7 cm³/mol. The number of ketones is 1. The van der Waals surface area contributed by atoms with Crippen LogP contribution in [-0.4, -0.2) is 10.4 Å². The van der Waals surface area contributed by atoms with E-state index in [-0.39, 0.29) is 18.2 Å². The van der Waals surface area contributed by atoms with Crippen LogP contribution in [0, 0.1) is 0 Å². The summed E-state index contributed by atoms with van der Waals surface area (Å²) in [6, 6.07) is 19.4. The van der Waals surface area contributed by atoms with Gasteiger partial charge in [0.05, 0.1) is 0 Å². The molecule has 2 aromatic carbocycles. The summed E-state index contributed by atoms with van der Waals surface area (Å²) in [4.78, 5) is 12.1. The summed E-state index contributed by atoms with van der Waals surface area (Å²) in [6.07, 6.45) is 5.79. The van der Waals surface area contributed by atoms with Crippen LogP contribution in [0.25, 0.3) is 5.69 Å². The molecule has 0 fully saturated rings. The van der Waals surface area contributed by atoms with Gasteiger partial charge in [-0.2, -0.15) is 0 Å². The summed E-state index contributed by atoms with van der Waals surface area (Å²) in [7, 11) is 0. The van der Waals surface area contributed by atoms with Crippen molar-refractivity contribution in [3.8, 4) is 5.69 Å². The molecule has 106 valence electrons. The van der Waals surface area contributed by atoms with E-state index < -0.39 is 0 Å². The van der Waals surface area contributed by atoms with Crippen molar-refractivity contribution in [2.75, 3.05) is 0 Å². The second-order valence-corrected chi connectivity index (χ2v) is 4.62. The quantitative estimate of drug-likeness (QED) is 0.478. The zero-order chi connectivity index (χ0) is 13.8. The van der Waals surface area contributed by atoms with Gasteiger partial charge >= 0.3 is 0 Å². The predicted octanol–water partition coefficient (Wildman–Crippen LogP) is -0.348. The van der Waals surface area contributed by atoms with Gasteiger partial charge < -0.3 is 12.4 Å². The normalized spacial score (nSPS) is 9.90. The molecule has 0 aliphatic rings. The Morgan fingerprint density at radius 3 is 2.24 bits per heavy atom. The van der Waals surface area contributed by atoms with Gasteiger partial charge in [0, 0.05) is 5.56 Å². The molecular weight excluding hydrogens is 284 g/mol. The standard InChI is InChI=1S/C17H15N2O.ClH/c20-17(15-7-3-1-4-8-15)13-18-11-12-19(14-18)16-9-5-2-6-10-16;/h1-12,14H,13H2;1H/q+1;/p-1. The lowest BCUT2D eigenvalue weighted by atomic mass is 10.1. The van der Waals surface area contributed by atoms with Crippen LogP contribution in [0.3, 0.4) is 0 Å². The summed E-state index contributed by atoms with van der Waals surface area (Å²) in [5.41, 5.74) is 1.82. The molecule has 0 unspecified atom stereocenters. The molecule has 3 aromatic rings. The Hall–Kier alpha value is -2.39. The van der Waals surface area contributed by atoms with Crippen LogP contribution in [-0.2, 0) is 6.54 Å². The van der Waals surface area contributed by atoms with Crippen molar-refractivity contribution in [2.45, 2.75) is 6.54 Å². The SMILES string of the molecule is O=C(C[n+]1ccn(-c2ccccc2)c1)c1ccccc1.[Cl-]. The maximum atomic E-state index is 12.1. The number of imidazole rings is 1. The molecule has 0 radical (unpaired) electrons. The third-order valence-electron chi connectivity index (χ3n) is 3.17. The number of carbonyl (C=O) groups excluding carboxylic acids is 1. The molecule has 0 spiro atoms. The Labute approximate surface area is 129 Å². The van der Waals surface area contributed by atoms with Gasteiger partial charge in [0.25, 0.3) is 0 Å². The Kier molecular flexibility index (Phi) is 4.90. The van der Waals surface area contributed by atoms with Gasteiger partial charge in [0.15, 0.2) is 6.54 Å². The fourth-order valence-corrected chi connectivity index (χ4v) is 2.12. The lowest BCUT2D eigenvalue weighted by Crippen LogP contribution is -3.00. The molecule has 0 aliphatic heterocycles. The minimum absolute atomic E-state index is 0. The molecule has 3 nitrogen and oxygen atoms in total. The van der Waals surface area contributed by atoms with E-state index >= 15 is 0 Å². The zero-order valence-corrected chi connectivity index (χ0v) is 12.1. The highest BCUT2D eigenvalue weighted by atomic mass is 35.5. The molecular formula is C17H15ClN2O. The number of nitrogens with zero attached hydrogens (tertiary/aromatic N) is 2. The number of benzene rings is 2. The van der Waals surface area contributed by atoms with Crippen LogP contribution in [0.5, 0.6) is 0 Å². The molecule has 1 heterocycles. The van der Waals surface area contributed by atoms with Crippen molar-refractivity contribution >= 4 is 5.78 Å². The molecule has 0 saturated carbocycles. The summed E-state index contributed by atoms with van der Waals surface area (Å²) >= 11 is 0. The molecule has 0 bridgehead atoms. The minimum atomic E-state index is 0. The highest BCUT2D eigenvalue weighted by Crippen LogP contribution is 2.05. The van der Waals surface area contributed by atoms with Crippen LogP contribution in [0.2, 0.25) is 0 Å². The molecule has 0 N–H and O–H groups in total. The summed E-state index contributed by atoms with van der Waals surface area (Å²) in [5.74, 6) is 0.112. The van der Waals surface area contributed by atoms with Gasteiger partial charge in [-0.1, -0.05) is 48.5 Å². The average Bonchev–Trinajstić information content (AvgIpc) is 2.97. The fourth-order valence-electron chi connectivity index (χ4n) is 2.12. The van der Waals surface area contributed by atoms with Crippen LogP contribution in [0.4, 0.5) is 0 Å². The number of hydrogen-bond donors (Lipinski definition) is 0. The average molecular weight is 299 g/mol. The van der Waals surface area contributed by atoms with Gasteiger partial charge in [-0.3, -0.25) is 4.79 Å². The second-order valence-electron chi connectivity index (χ2n) is 4.62. The first-order chi connectivity index (χ1) is 9.83. The van der Waals surface area contributed by atoms with E-state index in [2.05, 4.69) is 0 Å². The molecule has 0 aliphatic carbocycles. The van der Waals surface area contributed by atoms with Gasteiger partial charge in [0.2, 0.25) is 12.1 Å². The Morgan fingerprint density at radius 2 is 1.57 bits per heavy atom.